The summed E-state index contributed by atoms with van der Waals surface area (Å²) in [4.78, 5) is 22.7. The van der Waals surface area contributed by atoms with E-state index in [1.54, 1.807) is 37.3 Å². The van der Waals surface area contributed by atoms with Crippen LogP contribution in [0.3, 0.4) is 0 Å². The van der Waals surface area contributed by atoms with Crippen LogP contribution in [0.1, 0.15) is 19.8 Å². The molecule has 2 N–H and O–H groups in total. The minimum Gasteiger partial charge on any atom is -0.324 e. The Morgan fingerprint density at radius 3 is 2.70 bits per heavy atom. The maximum absolute atomic E-state index is 11.7. The van der Waals surface area contributed by atoms with Crippen LogP contribution in [-0.2, 0) is 9.59 Å². The van der Waals surface area contributed by atoms with Gasteiger partial charge in [0.05, 0.1) is 23.2 Å². The SMILES string of the molecule is C/C(CC(=O)Nc1ccccc1Cl)=N/NC(=O)CC#N. The first-order valence-electron chi connectivity index (χ1n) is 5.76. The van der Waals surface area contributed by atoms with E-state index in [4.69, 9.17) is 16.9 Å². The largest absolute Gasteiger partial charge is 0.324 e. The first-order valence-corrected chi connectivity index (χ1v) is 6.14. The molecule has 0 aliphatic carbocycles. The van der Waals surface area contributed by atoms with E-state index in [1.165, 1.54) is 0 Å². The van der Waals surface area contributed by atoms with E-state index < -0.39 is 5.91 Å². The number of carbonyl (C=O) groups is 2. The average molecular weight is 293 g/mol. The van der Waals surface area contributed by atoms with Gasteiger partial charge in [0, 0.05) is 5.71 Å². The number of nitrogens with zero attached hydrogens (tertiary/aromatic N) is 2. The monoisotopic (exact) mass is 292 g/mol. The number of nitriles is 1. The van der Waals surface area contributed by atoms with Crippen molar-refractivity contribution in [3.8, 4) is 6.07 Å². The molecular formula is C13H13ClN4O2. The lowest BCUT2D eigenvalue weighted by atomic mass is 10.2. The number of anilines is 1. The van der Waals surface area contributed by atoms with Crippen LogP contribution >= 0.6 is 11.6 Å². The molecule has 2 amide bonds. The predicted octanol–water partition coefficient (Wildman–Crippen LogP) is 2.07. The summed E-state index contributed by atoms with van der Waals surface area (Å²) < 4.78 is 0. The van der Waals surface area contributed by atoms with Crippen molar-refractivity contribution >= 4 is 34.8 Å². The molecule has 1 aromatic rings. The van der Waals surface area contributed by atoms with Gasteiger partial charge in [-0.3, -0.25) is 9.59 Å². The molecule has 0 saturated heterocycles. The molecule has 1 rings (SSSR count). The van der Waals surface area contributed by atoms with Gasteiger partial charge in [0.15, 0.2) is 0 Å². The van der Waals surface area contributed by atoms with Crippen molar-refractivity contribution in [1.29, 1.82) is 5.26 Å². The summed E-state index contributed by atoms with van der Waals surface area (Å²) >= 11 is 5.91. The number of nitrogens with one attached hydrogen (secondary N) is 2. The molecule has 0 bridgehead atoms. The second kappa shape index (κ2) is 7.92. The highest BCUT2D eigenvalue weighted by molar-refractivity contribution is 6.33. The first-order chi connectivity index (χ1) is 9.52. The number of halogens is 1. The van der Waals surface area contributed by atoms with Crippen molar-refractivity contribution in [3.63, 3.8) is 0 Å². The maximum Gasteiger partial charge on any atom is 0.254 e. The third-order valence-corrected chi connectivity index (χ3v) is 2.51. The Hall–Kier alpha value is -2.39. The summed E-state index contributed by atoms with van der Waals surface area (Å²) in [6.07, 6.45) is -0.263. The van der Waals surface area contributed by atoms with Gasteiger partial charge in [0.25, 0.3) is 5.91 Å². The minimum atomic E-state index is -0.515. The molecule has 0 unspecified atom stereocenters. The zero-order chi connectivity index (χ0) is 15.0. The van der Waals surface area contributed by atoms with Crippen molar-refractivity contribution in [3.05, 3.63) is 29.3 Å². The van der Waals surface area contributed by atoms with Crippen molar-refractivity contribution in [2.45, 2.75) is 19.8 Å². The molecular weight excluding hydrogens is 280 g/mol. The van der Waals surface area contributed by atoms with E-state index >= 15 is 0 Å². The fourth-order valence-corrected chi connectivity index (χ4v) is 1.48. The van der Waals surface area contributed by atoms with Gasteiger partial charge in [-0.25, -0.2) is 5.43 Å². The van der Waals surface area contributed by atoms with E-state index in [1.807, 2.05) is 0 Å². The first kappa shape index (κ1) is 15.7. The number of hydrazone groups is 1. The lowest BCUT2D eigenvalue weighted by molar-refractivity contribution is -0.120. The Balaban J connectivity index is 2.50. The molecule has 6 nitrogen and oxygen atoms in total. The summed E-state index contributed by atoms with van der Waals surface area (Å²) in [5.74, 6) is -0.813. The third-order valence-electron chi connectivity index (χ3n) is 2.18. The van der Waals surface area contributed by atoms with Crippen LogP contribution in [0.25, 0.3) is 0 Å². The normalized spacial score (nSPS) is 10.6. The lowest BCUT2D eigenvalue weighted by Crippen LogP contribution is -2.21. The van der Waals surface area contributed by atoms with Gasteiger partial charge in [0.1, 0.15) is 6.42 Å². The van der Waals surface area contributed by atoms with Crippen LogP contribution in [0.5, 0.6) is 0 Å². The van der Waals surface area contributed by atoms with Crippen molar-refractivity contribution < 1.29 is 9.59 Å². The Kier molecular flexibility index (Phi) is 6.20. The predicted molar refractivity (Wildman–Crippen MR) is 76.2 cm³/mol. The summed E-state index contributed by atoms with van der Waals surface area (Å²) in [5.41, 5.74) is 3.12. The zero-order valence-electron chi connectivity index (χ0n) is 10.8. The van der Waals surface area contributed by atoms with Gasteiger partial charge in [-0.15, -0.1) is 0 Å². The summed E-state index contributed by atoms with van der Waals surface area (Å²) in [6, 6.07) is 8.56. The molecule has 1 aromatic carbocycles. The molecule has 0 spiro atoms. The van der Waals surface area contributed by atoms with E-state index in [2.05, 4.69) is 15.8 Å². The minimum absolute atomic E-state index is 0.0120. The number of benzene rings is 1. The van der Waals surface area contributed by atoms with Gasteiger partial charge in [-0.05, 0) is 19.1 Å². The number of carbonyl (C=O) groups excluding carboxylic acids is 2. The Morgan fingerprint density at radius 2 is 2.05 bits per heavy atom. The lowest BCUT2D eigenvalue weighted by Gasteiger charge is -2.06. The standard InChI is InChI=1S/C13H13ClN4O2/c1-9(17-18-12(19)6-7-15)8-13(20)16-11-5-3-2-4-10(11)14/h2-5H,6,8H2,1H3,(H,16,20)(H,18,19)/b17-9-. The Bertz CT molecular complexity index is 578. The molecule has 0 heterocycles. The molecule has 0 radical (unpaired) electrons. The van der Waals surface area contributed by atoms with Gasteiger partial charge < -0.3 is 5.32 Å². The van der Waals surface area contributed by atoms with Gasteiger partial charge in [-0.2, -0.15) is 10.4 Å². The van der Waals surface area contributed by atoms with Crippen LogP contribution in [0.4, 0.5) is 5.69 Å². The van der Waals surface area contributed by atoms with Crippen molar-refractivity contribution in [2.24, 2.45) is 5.10 Å². The molecule has 0 atom stereocenters. The van der Waals surface area contributed by atoms with Gasteiger partial charge in [0.2, 0.25) is 5.91 Å². The Labute approximate surface area is 121 Å². The van der Waals surface area contributed by atoms with Crippen LogP contribution in [0.2, 0.25) is 5.02 Å². The molecule has 104 valence electrons. The third kappa shape index (κ3) is 5.50. The van der Waals surface area contributed by atoms with Gasteiger partial charge >= 0.3 is 0 Å². The highest BCUT2D eigenvalue weighted by atomic mass is 35.5. The molecule has 0 aliphatic rings. The highest BCUT2D eigenvalue weighted by Crippen LogP contribution is 2.20. The molecule has 0 aliphatic heterocycles. The fraction of sp³-hybridized carbons (Fsp3) is 0.231. The summed E-state index contributed by atoms with van der Waals surface area (Å²) in [5, 5.41) is 15.1. The zero-order valence-corrected chi connectivity index (χ0v) is 11.6. The summed E-state index contributed by atoms with van der Waals surface area (Å²) in [6.45, 7) is 1.60. The molecule has 0 fully saturated rings. The molecule has 0 aromatic heterocycles. The second-order valence-corrected chi connectivity index (χ2v) is 4.33. The highest BCUT2D eigenvalue weighted by Gasteiger charge is 2.07. The molecule has 20 heavy (non-hydrogen) atoms. The average Bonchev–Trinajstić information content (AvgIpc) is 2.39. The number of hydrogen-bond acceptors (Lipinski definition) is 4. The van der Waals surface area contributed by atoms with Crippen LogP contribution in [0, 0.1) is 11.3 Å². The smallest absolute Gasteiger partial charge is 0.254 e. The number of amides is 2. The van der Waals surface area contributed by atoms with Crippen LogP contribution in [-0.4, -0.2) is 17.5 Å². The fourth-order valence-electron chi connectivity index (χ4n) is 1.30. The van der Waals surface area contributed by atoms with Crippen LogP contribution < -0.4 is 10.7 Å². The molecule has 7 heteroatoms. The quantitative estimate of drug-likeness (QED) is 0.642. The van der Waals surface area contributed by atoms with E-state index in [0.29, 0.717) is 16.4 Å². The van der Waals surface area contributed by atoms with Crippen molar-refractivity contribution in [2.75, 3.05) is 5.32 Å². The van der Waals surface area contributed by atoms with E-state index in [9.17, 15) is 9.59 Å². The summed E-state index contributed by atoms with van der Waals surface area (Å²) in [7, 11) is 0. The van der Waals surface area contributed by atoms with Gasteiger partial charge in [-0.1, -0.05) is 23.7 Å². The van der Waals surface area contributed by atoms with E-state index in [0.717, 1.165) is 0 Å². The number of hydrogen-bond donors (Lipinski definition) is 2. The van der Waals surface area contributed by atoms with Crippen molar-refractivity contribution in [1.82, 2.24) is 5.43 Å². The topological polar surface area (TPSA) is 94.3 Å². The Morgan fingerprint density at radius 1 is 1.35 bits per heavy atom. The van der Waals surface area contributed by atoms with E-state index in [-0.39, 0.29) is 18.7 Å². The maximum atomic E-state index is 11.7. The second-order valence-electron chi connectivity index (χ2n) is 3.92. The number of para-hydroxylation sites is 1. The number of rotatable bonds is 5. The van der Waals surface area contributed by atoms with Crippen LogP contribution in [0.15, 0.2) is 29.4 Å². The molecule has 0 saturated carbocycles.